The Balaban J connectivity index is 1.51. The summed E-state index contributed by atoms with van der Waals surface area (Å²) in [6, 6.07) is 16.9. The fourth-order valence-electron chi connectivity index (χ4n) is 6.72. The zero-order valence-corrected chi connectivity index (χ0v) is 28.4. The monoisotopic (exact) mass is 679 g/mol. The van der Waals surface area contributed by atoms with Crippen LogP contribution in [0, 0.1) is 17.2 Å². The first kappa shape index (κ1) is 34.2. The minimum atomic E-state index is -1.05. The minimum absolute atomic E-state index is 0.0977. The average Bonchev–Trinajstić information content (AvgIpc) is 3.39. The largest absolute Gasteiger partial charge is 0.496 e. The van der Waals surface area contributed by atoms with Gasteiger partial charge in [-0.2, -0.15) is 0 Å². The molecule has 1 aliphatic carbocycles. The summed E-state index contributed by atoms with van der Waals surface area (Å²) in [7, 11) is 1.57. The molecule has 0 bridgehead atoms. The van der Waals surface area contributed by atoms with Gasteiger partial charge in [0.05, 0.1) is 12.1 Å². The summed E-state index contributed by atoms with van der Waals surface area (Å²) in [6.07, 6.45) is 1.69. The molecule has 1 unspecified atom stereocenters. The number of hydrogen-bond donors (Lipinski definition) is 3. The lowest BCUT2D eigenvalue weighted by Gasteiger charge is -2.43. The van der Waals surface area contributed by atoms with Crippen molar-refractivity contribution in [3.63, 3.8) is 0 Å². The van der Waals surface area contributed by atoms with Crippen LogP contribution >= 0.6 is 22.9 Å². The van der Waals surface area contributed by atoms with Gasteiger partial charge in [-0.3, -0.25) is 9.59 Å². The Hall–Kier alpha value is -4.15. The fourth-order valence-corrected chi connectivity index (χ4v) is 8.23. The van der Waals surface area contributed by atoms with Gasteiger partial charge in [0.1, 0.15) is 16.4 Å². The number of nitrogens with two attached hydrogens (primary N) is 1. The smallest absolute Gasteiger partial charge is 0.404 e. The molecule has 8 nitrogen and oxygen atoms in total. The van der Waals surface area contributed by atoms with Gasteiger partial charge in [0.25, 0.3) is 5.91 Å². The number of methoxy groups -OCH3 is 1. The number of amides is 3. The summed E-state index contributed by atoms with van der Waals surface area (Å²) in [5, 5.41) is 12.6. The standard InChI is InChI=1S/C36H39ClFN3O5S/c1-36(2,3)32(40-35(44)45)21-12-15-25(16-13-21)41(34(43)31-30(37)29-26(38)6-5-7-28(29)47-31)19-24-18-23(14-17-27(24)46-4)20-8-10-22(11-9-20)33(39)42/h5-11,14,17-18,21,25,32,40H,12-13,15-16,19H2,1-4H3,(H2,39,42)(H,44,45). The van der Waals surface area contributed by atoms with Crippen molar-refractivity contribution in [3.8, 4) is 16.9 Å². The number of fused-ring (bicyclic) bond motifs is 1. The highest BCUT2D eigenvalue weighted by molar-refractivity contribution is 7.21. The molecule has 47 heavy (non-hydrogen) atoms. The van der Waals surface area contributed by atoms with Crippen LogP contribution in [-0.2, 0) is 6.54 Å². The van der Waals surface area contributed by atoms with Crippen LogP contribution in [0.25, 0.3) is 21.2 Å². The Morgan fingerprint density at radius 3 is 2.30 bits per heavy atom. The first-order chi connectivity index (χ1) is 22.3. The molecule has 0 radical (unpaired) electrons. The predicted molar refractivity (Wildman–Crippen MR) is 184 cm³/mol. The van der Waals surface area contributed by atoms with Gasteiger partial charge in [-0.05, 0) is 84.5 Å². The molecule has 5 rings (SSSR count). The highest BCUT2D eigenvalue weighted by Gasteiger charge is 2.39. The maximum absolute atomic E-state index is 14.8. The molecule has 1 aromatic heterocycles. The van der Waals surface area contributed by atoms with Gasteiger partial charge in [-0.25, -0.2) is 9.18 Å². The van der Waals surface area contributed by atoms with E-state index in [0.717, 1.165) is 29.5 Å². The summed E-state index contributed by atoms with van der Waals surface area (Å²) in [5.41, 5.74) is 8.03. The van der Waals surface area contributed by atoms with Crippen molar-refractivity contribution in [1.82, 2.24) is 10.2 Å². The maximum Gasteiger partial charge on any atom is 0.404 e. The Bertz CT molecular complexity index is 1790. The highest BCUT2D eigenvalue weighted by atomic mass is 35.5. The van der Waals surface area contributed by atoms with Crippen molar-refractivity contribution >= 4 is 50.9 Å². The van der Waals surface area contributed by atoms with E-state index in [4.69, 9.17) is 22.1 Å². The summed E-state index contributed by atoms with van der Waals surface area (Å²) in [4.78, 5) is 39.8. The van der Waals surface area contributed by atoms with E-state index < -0.39 is 17.8 Å². The SMILES string of the molecule is COc1ccc(-c2ccc(C(N)=O)cc2)cc1CN(C(=O)c1sc2cccc(F)c2c1Cl)C1CCC(C(NC(=O)O)C(C)(C)C)CC1. The van der Waals surface area contributed by atoms with Crippen LogP contribution in [0.4, 0.5) is 9.18 Å². The second-order valence-corrected chi connectivity index (χ2v) is 14.6. The number of halogens is 2. The number of carbonyl (C=O) groups excluding carboxylic acids is 2. The molecule has 0 saturated heterocycles. The zero-order chi connectivity index (χ0) is 34.0. The molecule has 4 N–H and O–H groups in total. The van der Waals surface area contributed by atoms with E-state index in [1.54, 1.807) is 36.3 Å². The van der Waals surface area contributed by atoms with Crippen LogP contribution in [0.15, 0.2) is 60.7 Å². The lowest BCUT2D eigenvalue weighted by molar-refractivity contribution is 0.0543. The lowest BCUT2D eigenvalue weighted by atomic mass is 9.72. The molecular weight excluding hydrogens is 641 g/mol. The van der Waals surface area contributed by atoms with Gasteiger partial charge in [-0.1, -0.05) is 56.6 Å². The van der Waals surface area contributed by atoms with Crippen molar-refractivity contribution in [2.24, 2.45) is 17.1 Å². The Kier molecular flexibility index (Phi) is 10.1. The molecule has 1 atom stereocenters. The summed E-state index contributed by atoms with van der Waals surface area (Å²) < 4.78 is 21.1. The lowest BCUT2D eigenvalue weighted by Crippen LogP contribution is -2.50. The molecule has 11 heteroatoms. The van der Waals surface area contributed by atoms with Crippen LogP contribution in [-0.4, -0.2) is 47.1 Å². The van der Waals surface area contributed by atoms with Gasteiger partial charge in [0, 0.05) is 39.8 Å². The first-order valence-electron chi connectivity index (χ1n) is 15.5. The Morgan fingerprint density at radius 2 is 1.72 bits per heavy atom. The van der Waals surface area contributed by atoms with E-state index in [2.05, 4.69) is 5.32 Å². The number of hydrogen-bond acceptors (Lipinski definition) is 5. The topological polar surface area (TPSA) is 122 Å². The van der Waals surface area contributed by atoms with E-state index in [0.29, 0.717) is 28.9 Å². The summed E-state index contributed by atoms with van der Waals surface area (Å²) >= 11 is 7.88. The van der Waals surface area contributed by atoms with Gasteiger partial charge in [0.15, 0.2) is 0 Å². The number of nitrogens with one attached hydrogen (secondary N) is 1. The molecule has 4 aromatic rings. The van der Waals surface area contributed by atoms with E-state index in [-0.39, 0.29) is 51.2 Å². The normalized spacial score (nSPS) is 17.2. The first-order valence-corrected chi connectivity index (χ1v) is 16.7. The second kappa shape index (κ2) is 13.9. The number of carbonyl (C=O) groups is 3. The Morgan fingerprint density at radius 1 is 1.06 bits per heavy atom. The van der Waals surface area contributed by atoms with Crippen LogP contribution in [0.2, 0.25) is 5.02 Å². The third-order valence-electron chi connectivity index (χ3n) is 9.05. The van der Waals surface area contributed by atoms with Crippen molar-refractivity contribution in [2.45, 2.75) is 65.1 Å². The number of primary amides is 1. The third kappa shape index (κ3) is 7.39. The Labute approximate surface area is 282 Å². The van der Waals surface area contributed by atoms with Crippen LogP contribution in [0.1, 0.15) is 72.0 Å². The number of thiophene rings is 1. The summed E-state index contributed by atoms with van der Waals surface area (Å²) in [5.74, 6) is -0.592. The average molecular weight is 680 g/mol. The van der Waals surface area contributed by atoms with Crippen LogP contribution in [0.5, 0.6) is 5.75 Å². The predicted octanol–water partition coefficient (Wildman–Crippen LogP) is 8.35. The van der Waals surface area contributed by atoms with Crippen molar-refractivity contribution in [3.05, 3.63) is 87.5 Å². The van der Waals surface area contributed by atoms with Crippen molar-refractivity contribution < 1.29 is 28.6 Å². The molecule has 0 spiro atoms. The molecular formula is C36H39ClFN3O5S. The van der Waals surface area contributed by atoms with Gasteiger partial charge in [0.2, 0.25) is 5.91 Å². The van der Waals surface area contributed by atoms with E-state index in [1.165, 1.54) is 17.4 Å². The van der Waals surface area contributed by atoms with Crippen LogP contribution in [0.3, 0.4) is 0 Å². The molecule has 1 fully saturated rings. The number of ether oxygens (including phenoxy) is 1. The van der Waals surface area contributed by atoms with Crippen LogP contribution < -0.4 is 15.8 Å². The van der Waals surface area contributed by atoms with E-state index >= 15 is 0 Å². The maximum atomic E-state index is 14.8. The quantitative estimate of drug-likeness (QED) is 0.164. The molecule has 3 aromatic carbocycles. The number of carboxylic acid groups (broad SMARTS) is 1. The van der Waals surface area contributed by atoms with Crippen molar-refractivity contribution in [2.75, 3.05) is 7.11 Å². The van der Waals surface area contributed by atoms with Crippen molar-refractivity contribution in [1.29, 1.82) is 0 Å². The molecule has 0 aliphatic heterocycles. The van der Waals surface area contributed by atoms with Gasteiger partial charge in [-0.15, -0.1) is 11.3 Å². The van der Waals surface area contributed by atoms with Gasteiger partial charge < -0.3 is 25.8 Å². The molecule has 248 valence electrons. The zero-order valence-electron chi connectivity index (χ0n) is 26.8. The molecule has 1 aliphatic rings. The number of rotatable bonds is 9. The number of benzene rings is 3. The minimum Gasteiger partial charge on any atom is -0.496 e. The van der Waals surface area contributed by atoms with E-state index in [9.17, 15) is 23.9 Å². The fraction of sp³-hybridized carbons (Fsp3) is 0.361. The van der Waals surface area contributed by atoms with E-state index in [1.807, 2.05) is 51.1 Å². The molecule has 3 amide bonds. The summed E-state index contributed by atoms with van der Waals surface area (Å²) in [6.45, 7) is 6.28. The second-order valence-electron chi connectivity index (χ2n) is 13.1. The number of nitrogens with zero attached hydrogens (tertiary/aromatic N) is 1. The van der Waals surface area contributed by atoms with Gasteiger partial charge >= 0.3 is 6.09 Å². The molecule has 1 heterocycles. The highest BCUT2D eigenvalue weighted by Crippen LogP contribution is 2.41. The third-order valence-corrected chi connectivity index (χ3v) is 10.7. The molecule has 1 saturated carbocycles.